The Labute approximate surface area is 247 Å². The first-order valence-electron chi connectivity index (χ1n) is 14.9. The van der Waals surface area contributed by atoms with Gasteiger partial charge in [-0.2, -0.15) is 0 Å². The van der Waals surface area contributed by atoms with Crippen LogP contribution in [-0.4, -0.2) is 9.97 Å². The number of fused-ring (bicyclic) bond motifs is 10. The lowest BCUT2D eigenvalue weighted by molar-refractivity contribution is 0.546. The molecule has 200 valence electrons. The van der Waals surface area contributed by atoms with Crippen molar-refractivity contribution in [3.8, 4) is 33.5 Å². The van der Waals surface area contributed by atoms with Crippen LogP contribution in [0.25, 0.3) is 82.6 Å². The molecule has 0 fully saturated rings. The van der Waals surface area contributed by atoms with Crippen LogP contribution >= 0.6 is 0 Å². The van der Waals surface area contributed by atoms with Gasteiger partial charge in [0.2, 0.25) is 0 Å². The van der Waals surface area contributed by atoms with Crippen LogP contribution in [0.1, 0.15) is 23.4 Å². The van der Waals surface area contributed by atoms with Crippen molar-refractivity contribution in [1.82, 2.24) is 9.97 Å². The van der Waals surface area contributed by atoms with E-state index < -0.39 is 0 Å². The maximum absolute atomic E-state index is 6.80. The van der Waals surface area contributed by atoms with Gasteiger partial charge in [-0.05, 0) is 46.7 Å². The zero-order valence-electron chi connectivity index (χ0n) is 23.3. The summed E-state index contributed by atoms with van der Waals surface area (Å²) in [5.41, 5.74) is 13.2. The molecule has 3 aromatic heterocycles. The van der Waals surface area contributed by atoms with E-state index in [0.717, 1.165) is 68.5 Å². The molecule has 0 amide bonds. The van der Waals surface area contributed by atoms with Crippen molar-refractivity contribution in [3.63, 3.8) is 0 Å². The lowest BCUT2D eigenvalue weighted by Crippen LogP contribution is -2.00. The highest BCUT2D eigenvalue weighted by Gasteiger charge is 2.30. The molecule has 3 heterocycles. The lowest BCUT2D eigenvalue weighted by atomic mass is 9.90. The number of nitrogens with zero attached hydrogens (tertiary/aromatic N) is 2. The van der Waals surface area contributed by atoms with Crippen LogP contribution in [0, 0.1) is 0 Å². The first kappa shape index (κ1) is 23.1. The van der Waals surface area contributed by atoms with Gasteiger partial charge in [0.05, 0.1) is 22.4 Å². The van der Waals surface area contributed by atoms with Gasteiger partial charge in [-0.1, -0.05) is 103 Å². The third-order valence-electron chi connectivity index (χ3n) is 9.23. The Balaban J connectivity index is 1.21. The number of hydrogen-bond donors (Lipinski definition) is 0. The molecule has 3 nitrogen and oxygen atoms in total. The minimum Gasteiger partial charge on any atom is -0.460 e. The zero-order valence-corrected chi connectivity index (χ0v) is 23.3. The Hall–Kier alpha value is -5.54. The molecule has 10 rings (SSSR count). The molecule has 0 unspecified atom stereocenters. The van der Waals surface area contributed by atoms with Crippen LogP contribution in [0.3, 0.4) is 0 Å². The molecule has 8 aromatic rings. The number of aromatic nitrogens is 2. The average Bonchev–Trinajstić information content (AvgIpc) is 3.62. The maximum Gasteiger partial charge on any atom is 0.143 e. The molecular formula is C40H24N2O. The van der Waals surface area contributed by atoms with E-state index in [2.05, 4.69) is 115 Å². The highest BCUT2D eigenvalue weighted by Crippen LogP contribution is 2.52. The molecule has 0 aliphatic heterocycles. The van der Waals surface area contributed by atoms with Crippen LogP contribution in [0.2, 0.25) is 0 Å². The van der Waals surface area contributed by atoms with E-state index in [1.165, 1.54) is 44.0 Å². The predicted octanol–water partition coefficient (Wildman–Crippen LogP) is 10.4. The summed E-state index contributed by atoms with van der Waals surface area (Å²) in [4.78, 5) is 10.5. The fourth-order valence-corrected chi connectivity index (χ4v) is 7.31. The second-order valence-corrected chi connectivity index (χ2v) is 11.6. The summed E-state index contributed by atoms with van der Waals surface area (Å²) in [6.45, 7) is 0. The fraction of sp³-hybridized carbons (Fsp3) is 0.0500. The molecule has 0 saturated heterocycles. The molecule has 0 atom stereocenters. The summed E-state index contributed by atoms with van der Waals surface area (Å²) >= 11 is 0. The highest BCUT2D eigenvalue weighted by atomic mass is 16.3. The lowest BCUT2D eigenvalue weighted by Gasteiger charge is -2.14. The number of aryl methyl sites for hydroxylation is 1. The van der Waals surface area contributed by atoms with Gasteiger partial charge in [-0.25, -0.2) is 9.97 Å². The van der Waals surface area contributed by atoms with Crippen molar-refractivity contribution in [2.75, 3.05) is 0 Å². The summed E-state index contributed by atoms with van der Waals surface area (Å²) in [5.74, 6) is 1.05. The van der Waals surface area contributed by atoms with Crippen molar-refractivity contribution in [3.05, 3.63) is 138 Å². The number of furan rings is 1. The van der Waals surface area contributed by atoms with Crippen LogP contribution in [-0.2, 0) is 6.42 Å². The van der Waals surface area contributed by atoms with Crippen molar-refractivity contribution in [2.45, 2.75) is 12.8 Å². The van der Waals surface area contributed by atoms with Gasteiger partial charge in [0.1, 0.15) is 11.3 Å². The SMILES string of the molecule is C1=C(c2ccc3ccc4ccc(-c5ccccc5)nc4c3n2)c2c(oc3c4c5c(cccc5cc23)-c2ccccc2-4)CC1. The van der Waals surface area contributed by atoms with Gasteiger partial charge >= 0.3 is 0 Å². The van der Waals surface area contributed by atoms with Crippen LogP contribution < -0.4 is 0 Å². The maximum atomic E-state index is 6.80. The van der Waals surface area contributed by atoms with Gasteiger partial charge in [-0.15, -0.1) is 0 Å². The quantitative estimate of drug-likeness (QED) is 0.202. The Bertz CT molecular complexity index is 2500. The van der Waals surface area contributed by atoms with Crippen molar-refractivity contribution in [1.29, 1.82) is 0 Å². The predicted molar refractivity (Wildman–Crippen MR) is 176 cm³/mol. The standard InChI is InChI=1S/C40H24N2O/c1-2-8-23(9-3-1)32-20-18-24-16-17-25-19-21-33(42-39(25)38(24)41-32)30-14-7-15-34-36(30)31-22-26-10-6-13-28-27-11-4-5-12-29(27)37(35(26)28)40(31)43-34/h1-6,8-14,16-22H,7,15H2. The summed E-state index contributed by atoms with van der Waals surface area (Å²) < 4.78 is 6.80. The Morgan fingerprint density at radius 2 is 1.26 bits per heavy atom. The molecule has 5 aromatic carbocycles. The van der Waals surface area contributed by atoms with Crippen molar-refractivity contribution >= 4 is 49.1 Å². The number of benzene rings is 5. The van der Waals surface area contributed by atoms with Gasteiger partial charge in [0.15, 0.2) is 0 Å². The number of pyridine rings is 2. The second kappa shape index (κ2) is 8.50. The van der Waals surface area contributed by atoms with Gasteiger partial charge < -0.3 is 4.42 Å². The highest BCUT2D eigenvalue weighted by molar-refractivity contribution is 6.24. The summed E-state index contributed by atoms with van der Waals surface area (Å²) in [6.07, 6.45) is 4.15. The summed E-state index contributed by atoms with van der Waals surface area (Å²) in [5, 5.41) is 5.89. The summed E-state index contributed by atoms with van der Waals surface area (Å²) in [6, 6.07) is 40.9. The molecule has 0 saturated carbocycles. The monoisotopic (exact) mass is 548 g/mol. The number of rotatable bonds is 2. The molecule has 2 aliphatic rings. The third-order valence-corrected chi connectivity index (χ3v) is 9.23. The molecular weight excluding hydrogens is 524 g/mol. The van der Waals surface area contributed by atoms with Crippen LogP contribution in [0.5, 0.6) is 0 Å². The van der Waals surface area contributed by atoms with Gasteiger partial charge in [-0.3, -0.25) is 0 Å². The second-order valence-electron chi connectivity index (χ2n) is 11.6. The molecule has 2 aliphatic carbocycles. The minimum absolute atomic E-state index is 0.885. The smallest absolute Gasteiger partial charge is 0.143 e. The van der Waals surface area contributed by atoms with E-state index in [0.29, 0.717) is 0 Å². The normalized spacial score (nSPS) is 13.5. The van der Waals surface area contributed by atoms with E-state index in [4.69, 9.17) is 14.4 Å². The van der Waals surface area contributed by atoms with Crippen molar-refractivity contribution in [2.24, 2.45) is 0 Å². The number of allylic oxidation sites excluding steroid dienone is 1. The molecule has 0 spiro atoms. The molecule has 0 radical (unpaired) electrons. The first-order valence-corrected chi connectivity index (χ1v) is 14.9. The van der Waals surface area contributed by atoms with Gasteiger partial charge in [0, 0.05) is 50.2 Å². The van der Waals surface area contributed by atoms with Crippen LogP contribution in [0.4, 0.5) is 0 Å². The molecule has 3 heteroatoms. The summed E-state index contributed by atoms with van der Waals surface area (Å²) in [7, 11) is 0. The topological polar surface area (TPSA) is 38.9 Å². The van der Waals surface area contributed by atoms with E-state index in [9.17, 15) is 0 Å². The molecule has 43 heavy (non-hydrogen) atoms. The third kappa shape index (κ3) is 3.19. The average molecular weight is 549 g/mol. The van der Waals surface area contributed by atoms with Gasteiger partial charge in [0.25, 0.3) is 0 Å². The van der Waals surface area contributed by atoms with Crippen molar-refractivity contribution < 1.29 is 4.42 Å². The molecule has 0 N–H and O–H groups in total. The Morgan fingerprint density at radius 1 is 0.558 bits per heavy atom. The first-order chi connectivity index (χ1) is 21.3. The minimum atomic E-state index is 0.885. The number of hydrogen-bond acceptors (Lipinski definition) is 3. The van der Waals surface area contributed by atoms with E-state index in [-0.39, 0.29) is 0 Å². The van der Waals surface area contributed by atoms with Crippen LogP contribution in [0.15, 0.2) is 126 Å². The fourth-order valence-electron chi connectivity index (χ4n) is 7.31. The zero-order chi connectivity index (χ0) is 28.1. The molecule has 0 bridgehead atoms. The Kier molecular flexibility index (Phi) is 4.56. The Morgan fingerprint density at radius 3 is 2.09 bits per heavy atom. The van der Waals surface area contributed by atoms with E-state index in [1.54, 1.807) is 0 Å². The largest absolute Gasteiger partial charge is 0.460 e. The van der Waals surface area contributed by atoms with E-state index >= 15 is 0 Å². The van der Waals surface area contributed by atoms with E-state index in [1.807, 2.05) is 6.07 Å².